The Bertz CT molecular complexity index is 908. The predicted molar refractivity (Wildman–Crippen MR) is 105 cm³/mol. The fourth-order valence-electron chi connectivity index (χ4n) is 3.37. The summed E-state index contributed by atoms with van der Waals surface area (Å²) in [5, 5.41) is 35.9. The number of nitrogens with zero attached hydrogens (tertiary/aromatic N) is 3. The summed E-state index contributed by atoms with van der Waals surface area (Å²) >= 11 is 6.00. The topological polar surface area (TPSA) is 122 Å². The van der Waals surface area contributed by atoms with E-state index < -0.39 is 9.85 Å². The van der Waals surface area contributed by atoms with Gasteiger partial charge in [-0.15, -0.1) is 0 Å². The van der Waals surface area contributed by atoms with Gasteiger partial charge in [0, 0.05) is 35.8 Å². The van der Waals surface area contributed by atoms with Crippen molar-refractivity contribution in [2.75, 3.05) is 18.4 Å². The van der Waals surface area contributed by atoms with E-state index in [1.54, 1.807) is 18.2 Å². The first-order valence-electron chi connectivity index (χ1n) is 8.72. The molecule has 0 saturated carbocycles. The van der Waals surface area contributed by atoms with Gasteiger partial charge in [-0.2, -0.15) is 0 Å². The van der Waals surface area contributed by atoms with Crippen LogP contribution in [0.25, 0.3) is 0 Å². The summed E-state index contributed by atoms with van der Waals surface area (Å²) in [5.41, 5.74) is 0.334. The highest BCUT2D eigenvalue weighted by Crippen LogP contribution is 2.31. The molecular weight excluding hydrogens is 388 g/mol. The molecule has 28 heavy (non-hydrogen) atoms. The number of piperidine rings is 1. The number of benzene rings is 2. The van der Waals surface area contributed by atoms with Crippen molar-refractivity contribution in [3.8, 4) is 5.75 Å². The zero-order valence-electron chi connectivity index (χ0n) is 14.9. The van der Waals surface area contributed by atoms with Gasteiger partial charge >= 0.3 is 0 Å². The Balaban J connectivity index is 1.72. The third-order valence-corrected chi connectivity index (χ3v) is 4.92. The summed E-state index contributed by atoms with van der Waals surface area (Å²) in [7, 11) is 0. The first-order valence-corrected chi connectivity index (χ1v) is 9.10. The fraction of sp³-hybridized carbons (Fsp3) is 0.333. The van der Waals surface area contributed by atoms with Gasteiger partial charge in [-0.3, -0.25) is 25.1 Å². The van der Waals surface area contributed by atoms with Gasteiger partial charge in [0.05, 0.1) is 15.9 Å². The Labute approximate surface area is 165 Å². The maximum absolute atomic E-state index is 11.3. The van der Waals surface area contributed by atoms with Crippen molar-refractivity contribution >= 4 is 28.7 Å². The molecule has 2 aromatic rings. The molecule has 0 aromatic heterocycles. The predicted octanol–water partition coefficient (Wildman–Crippen LogP) is 3.94. The van der Waals surface area contributed by atoms with Crippen LogP contribution in [-0.4, -0.2) is 39.0 Å². The largest absolute Gasteiger partial charge is 0.508 e. The van der Waals surface area contributed by atoms with E-state index in [4.69, 9.17) is 11.6 Å². The monoisotopic (exact) mass is 406 g/mol. The molecule has 0 aliphatic carbocycles. The van der Waals surface area contributed by atoms with Crippen molar-refractivity contribution in [1.29, 1.82) is 0 Å². The van der Waals surface area contributed by atoms with Crippen LogP contribution in [0.15, 0.2) is 36.4 Å². The van der Waals surface area contributed by atoms with Gasteiger partial charge in [0.1, 0.15) is 11.4 Å². The Hall–Kier alpha value is -2.91. The van der Waals surface area contributed by atoms with E-state index in [2.05, 4.69) is 10.2 Å². The first-order chi connectivity index (χ1) is 13.3. The molecule has 148 valence electrons. The lowest BCUT2D eigenvalue weighted by molar-refractivity contribution is -0.393. The number of non-ortho nitro benzene ring substituents is 1. The van der Waals surface area contributed by atoms with Crippen molar-refractivity contribution in [1.82, 2.24) is 4.90 Å². The quantitative estimate of drug-likeness (QED) is 0.550. The van der Waals surface area contributed by atoms with Crippen LogP contribution in [0.2, 0.25) is 5.02 Å². The molecule has 9 nitrogen and oxygen atoms in total. The molecule has 10 heteroatoms. The lowest BCUT2D eigenvalue weighted by Crippen LogP contribution is -2.41. The molecule has 1 heterocycles. The molecule has 1 aliphatic rings. The smallest absolute Gasteiger partial charge is 0.299 e. The number of phenolic OH excluding ortho intramolecular Hbond substituents is 1. The molecule has 0 amide bonds. The van der Waals surface area contributed by atoms with Gasteiger partial charge in [0.25, 0.3) is 11.4 Å². The van der Waals surface area contributed by atoms with Crippen molar-refractivity contribution < 1.29 is 15.0 Å². The number of anilines is 1. The second-order valence-electron chi connectivity index (χ2n) is 6.71. The highest BCUT2D eigenvalue weighted by atomic mass is 35.5. The van der Waals surface area contributed by atoms with Gasteiger partial charge in [0.2, 0.25) is 0 Å². The molecule has 0 spiro atoms. The lowest BCUT2D eigenvalue weighted by atomic mass is 10.0. The number of halogens is 1. The maximum atomic E-state index is 11.3. The molecule has 1 fully saturated rings. The van der Waals surface area contributed by atoms with Gasteiger partial charge in [-0.25, -0.2) is 0 Å². The van der Waals surface area contributed by atoms with Crippen molar-refractivity contribution in [3.05, 3.63) is 67.2 Å². The van der Waals surface area contributed by atoms with Gasteiger partial charge < -0.3 is 10.4 Å². The number of aromatic hydroxyl groups is 1. The van der Waals surface area contributed by atoms with Crippen LogP contribution in [0, 0.1) is 20.2 Å². The van der Waals surface area contributed by atoms with Gasteiger partial charge in [-0.05, 0) is 43.7 Å². The summed E-state index contributed by atoms with van der Waals surface area (Å²) < 4.78 is 0. The summed E-state index contributed by atoms with van der Waals surface area (Å²) in [5.74, 6) is 0.172. The average molecular weight is 407 g/mol. The summed E-state index contributed by atoms with van der Waals surface area (Å²) in [6.45, 7) is 1.94. The molecule has 3 rings (SSSR count). The highest BCUT2D eigenvalue weighted by Gasteiger charge is 2.25. The molecular formula is C18H19ClN4O5. The Kier molecular flexibility index (Phi) is 5.96. The van der Waals surface area contributed by atoms with Crippen LogP contribution in [-0.2, 0) is 6.54 Å². The number of phenols is 1. The molecule has 0 radical (unpaired) electrons. The van der Waals surface area contributed by atoms with Crippen molar-refractivity contribution in [2.45, 2.75) is 25.4 Å². The van der Waals surface area contributed by atoms with Crippen molar-refractivity contribution in [2.24, 2.45) is 0 Å². The zero-order valence-corrected chi connectivity index (χ0v) is 15.6. The minimum atomic E-state index is -0.656. The van der Waals surface area contributed by atoms with Gasteiger partial charge in [-0.1, -0.05) is 11.6 Å². The zero-order chi connectivity index (χ0) is 20.3. The molecule has 2 aromatic carbocycles. The second kappa shape index (κ2) is 8.41. The molecule has 0 bridgehead atoms. The summed E-state index contributed by atoms with van der Waals surface area (Å²) in [4.78, 5) is 23.0. The molecule has 2 N–H and O–H groups in total. The van der Waals surface area contributed by atoms with Crippen LogP contribution in [0.3, 0.4) is 0 Å². The minimum Gasteiger partial charge on any atom is -0.508 e. The van der Waals surface area contributed by atoms with E-state index in [-0.39, 0.29) is 28.9 Å². The standard InChI is InChI=1S/C18H19ClN4O5/c19-13-3-6-18(24)12(8-13)10-21-7-1-2-14(11-21)20-16-5-4-15(22(25)26)9-17(16)23(27)28/h3-6,8-9,14,20,24H,1-2,7,10-11H2. The van der Waals surface area contributed by atoms with E-state index in [0.717, 1.165) is 31.0 Å². The number of nitro groups is 2. The lowest BCUT2D eigenvalue weighted by Gasteiger charge is -2.33. The van der Waals surface area contributed by atoms with Crippen LogP contribution in [0.4, 0.5) is 17.1 Å². The van der Waals surface area contributed by atoms with Crippen LogP contribution >= 0.6 is 11.6 Å². The number of nitro benzene ring substituents is 2. The number of nitrogens with one attached hydrogen (secondary N) is 1. The third-order valence-electron chi connectivity index (χ3n) is 4.69. The minimum absolute atomic E-state index is 0.0600. The number of rotatable bonds is 6. The SMILES string of the molecule is O=[N+]([O-])c1ccc(NC2CCCN(Cc3cc(Cl)ccc3O)C2)c([N+](=O)[O-])c1. The van der Waals surface area contributed by atoms with Crippen LogP contribution < -0.4 is 5.32 Å². The van der Waals surface area contributed by atoms with E-state index >= 15 is 0 Å². The van der Waals surface area contributed by atoms with Gasteiger partial charge in [0.15, 0.2) is 0 Å². The number of hydrogen-bond acceptors (Lipinski definition) is 7. The average Bonchev–Trinajstić information content (AvgIpc) is 2.65. The van der Waals surface area contributed by atoms with E-state index in [1.807, 2.05) is 0 Å². The molecule has 1 aliphatic heterocycles. The third kappa shape index (κ3) is 4.68. The van der Waals surface area contributed by atoms with Crippen molar-refractivity contribution in [3.63, 3.8) is 0 Å². The Morgan fingerprint density at radius 3 is 2.68 bits per heavy atom. The van der Waals surface area contributed by atoms with Crippen LogP contribution in [0.1, 0.15) is 18.4 Å². The number of likely N-dealkylation sites (tertiary alicyclic amines) is 1. The summed E-state index contributed by atoms with van der Waals surface area (Å²) in [6.07, 6.45) is 1.69. The highest BCUT2D eigenvalue weighted by molar-refractivity contribution is 6.30. The second-order valence-corrected chi connectivity index (χ2v) is 7.14. The number of hydrogen-bond donors (Lipinski definition) is 2. The Morgan fingerprint density at radius 1 is 1.18 bits per heavy atom. The molecule has 1 saturated heterocycles. The first kappa shape index (κ1) is 19.8. The van der Waals surface area contributed by atoms with E-state index in [0.29, 0.717) is 18.1 Å². The molecule has 1 unspecified atom stereocenters. The van der Waals surface area contributed by atoms with E-state index in [1.165, 1.54) is 12.1 Å². The van der Waals surface area contributed by atoms with Crippen LogP contribution in [0.5, 0.6) is 5.75 Å². The summed E-state index contributed by atoms with van der Waals surface area (Å²) in [6, 6.07) is 8.42. The maximum Gasteiger partial charge on any atom is 0.299 e. The fourth-order valence-corrected chi connectivity index (χ4v) is 3.56. The normalized spacial score (nSPS) is 17.2. The molecule has 1 atom stereocenters. The van der Waals surface area contributed by atoms with E-state index in [9.17, 15) is 25.3 Å². The Morgan fingerprint density at radius 2 is 1.96 bits per heavy atom.